The molecule has 2 atom stereocenters. The maximum atomic E-state index is 12.2. The van der Waals surface area contributed by atoms with Gasteiger partial charge in [-0.2, -0.15) is 0 Å². The van der Waals surface area contributed by atoms with Crippen LogP contribution in [0.3, 0.4) is 0 Å². The lowest BCUT2D eigenvalue weighted by Crippen LogP contribution is -2.46. The Kier molecular flexibility index (Phi) is 3.83. The van der Waals surface area contributed by atoms with E-state index in [1.165, 1.54) is 0 Å². The molecule has 0 aromatic carbocycles. The number of hydrogen-bond acceptors (Lipinski definition) is 5. The summed E-state index contributed by atoms with van der Waals surface area (Å²) in [6.07, 6.45) is 7.19. The van der Waals surface area contributed by atoms with Gasteiger partial charge in [-0.05, 0) is 19.9 Å². The second-order valence-electron chi connectivity index (χ2n) is 5.33. The Morgan fingerprint density at radius 2 is 2.40 bits per heavy atom. The summed E-state index contributed by atoms with van der Waals surface area (Å²) in [6, 6.07) is -0.0510. The third kappa shape index (κ3) is 2.62. The van der Waals surface area contributed by atoms with Gasteiger partial charge >= 0.3 is 0 Å². The minimum Gasteiger partial charge on any atom is -0.315 e. The molecule has 1 aliphatic heterocycles. The topological polar surface area (TPSA) is 63.5 Å². The van der Waals surface area contributed by atoms with Gasteiger partial charge in [0.05, 0.1) is 16.7 Å². The minimum absolute atomic E-state index is 0.0510. The fourth-order valence-corrected chi connectivity index (χ4v) is 5.84. The summed E-state index contributed by atoms with van der Waals surface area (Å²) in [6.45, 7) is 0. The van der Waals surface area contributed by atoms with Crippen molar-refractivity contribution < 1.29 is 8.42 Å². The number of nitrogens with one attached hydrogen (secondary N) is 1. The van der Waals surface area contributed by atoms with Gasteiger partial charge in [-0.3, -0.25) is 4.40 Å². The molecule has 0 radical (unpaired) electrons. The van der Waals surface area contributed by atoms with Crippen molar-refractivity contribution >= 4 is 26.1 Å². The lowest BCUT2D eigenvalue weighted by atomic mass is 10.0. The average Bonchev–Trinajstić information content (AvgIpc) is 2.96. The molecule has 1 saturated heterocycles. The number of sulfone groups is 1. The van der Waals surface area contributed by atoms with E-state index in [1.807, 2.05) is 29.2 Å². The number of rotatable bonds is 4. The first-order valence-corrected chi connectivity index (χ1v) is 9.49. The Bertz CT molecular complexity index is 661. The molecule has 2 aromatic heterocycles. The summed E-state index contributed by atoms with van der Waals surface area (Å²) < 4.78 is 26.5. The zero-order valence-electron chi connectivity index (χ0n) is 11.4. The second-order valence-corrected chi connectivity index (χ2v) is 8.54. The highest BCUT2D eigenvalue weighted by Gasteiger charge is 2.35. The predicted molar refractivity (Wildman–Crippen MR) is 81.0 cm³/mol. The van der Waals surface area contributed by atoms with Crippen molar-refractivity contribution in [2.45, 2.75) is 37.0 Å². The molecule has 7 heteroatoms. The number of hydrogen-bond donors (Lipinski definition) is 1. The van der Waals surface area contributed by atoms with Gasteiger partial charge < -0.3 is 5.32 Å². The van der Waals surface area contributed by atoms with Crippen molar-refractivity contribution in [3.63, 3.8) is 0 Å². The largest absolute Gasteiger partial charge is 0.315 e. The first kappa shape index (κ1) is 14.0. The van der Waals surface area contributed by atoms with Crippen LogP contribution in [-0.4, -0.2) is 41.9 Å². The highest BCUT2D eigenvalue weighted by atomic mass is 32.2. The Labute approximate surface area is 122 Å². The average molecular weight is 313 g/mol. The molecule has 1 fully saturated rings. The summed E-state index contributed by atoms with van der Waals surface area (Å²) in [7, 11) is -1.13. The highest BCUT2D eigenvalue weighted by molar-refractivity contribution is 7.92. The van der Waals surface area contributed by atoms with Crippen molar-refractivity contribution in [1.29, 1.82) is 0 Å². The quantitative estimate of drug-likeness (QED) is 0.929. The van der Waals surface area contributed by atoms with Crippen LogP contribution in [0.25, 0.3) is 4.96 Å². The van der Waals surface area contributed by atoms with E-state index >= 15 is 0 Å². The minimum atomic E-state index is -2.97. The van der Waals surface area contributed by atoms with Crippen LogP contribution in [0.5, 0.6) is 0 Å². The zero-order chi connectivity index (χ0) is 14.2. The Hall–Kier alpha value is -0.920. The van der Waals surface area contributed by atoms with Crippen molar-refractivity contribution in [3.05, 3.63) is 23.5 Å². The maximum absolute atomic E-state index is 12.2. The van der Waals surface area contributed by atoms with E-state index in [0.29, 0.717) is 12.2 Å². The van der Waals surface area contributed by atoms with Crippen LogP contribution < -0.4 is 5.32 Å². The van der Waals surface area contributed by atoms with Crippen LogP contribution >= 0.6 is 11.3 Å². The fourth-order valence-electron chi connectivity index (χ4n) is 2.95. The molecule has 110 valence electrons. The van der Waals surface area contributed by atoms with E-state index < -0.39 is 9.84 Å². The molecule has 20 heavy (non-hydrogen) atoms. The van der Waals surface area contributed by atoms with Gasteiger partial charge in [0.15, 0.2) is 14.8 Å². The van der Waals surface area contributed by atoms with Gasteiger partial charge in [0.1, 0.15) is 0 Å². The maximum Gasteiger partial charge on any atom is 0.193 e. The molecule has 1 aliphatic rings. The summed E-state index contributed by atoms with van der Waals surface area (Å²) in [4.78, 5) is 5.51. The summed E-state index contributed by atoms with van der Waals surface area (Å²) in [5, 5.41) is 4.90. The normalized spacial score (nSPS) is 23.9. The molecule has 0 spiro atoms. The van der Waals surface area contributed by atoms with Crippen LogP contribution in [-0.2, 0) is 16.3 Å². The standard InChI is InChI=1S/C13H19N3O2S2/c1-14-11(12-4-2-3-7-20(12,17)18)8-10-9-16-5-6-19-13(16)15-10/h5-6,9,11-12,14H,2-4,7-8H2,1H3. The lowest BCUT2D eigenvalue weighted by molar-refractivity contribution is 0.454. The molecule has 3 heterocycles. The Morgan fingerprint density at radius 1 is 1.55 bits per heavy atom. The van der Waals surface area contributed by atoms with E-state index in [9.17, 15) is 8.42 Å². The van der Waals surface area contributed by atoms with E-state index in [1.54, 1.807) is 11.3 Å². The number of thiazole rings is 1. The molecule has 3 rings (SSSR count). The van der Waals surface area contributed by atoms with Crippen LogP contribution in [0.4, 0.5) is 0 Å². The van der Waals surface area contributed by atoms with E-state index in [0.717, 1.165) is 29.9 Å². The van der Waals surface area contributed by atoms with Gasteiger partial charge in [-0.15, -0.1) is 11.3 Å². The molecule has 0 amide bonds. The van der Waals surface area contributed by atoms with Gasteiger partial charge in [0.25, 0.3) is 0 Å². The Morgan fingerprint density at radius 3 is 3.10 bits per heavy atom. The summed E-state index contributed by atoms with van der Waals surface area (Å²) in [5.41, 5.74) is 0.956. The Balaban J connectivity index is 1.81. The van der Waals surface area contributed by atoms with Crippen LogP contribution in [0.2, 0.25) is 0 Å². The summed E-state index contributed by atoms with van der Waals surface area (Å²) in [5.74, 6) is 0.328. The van der Waals surface area contributed by atoms with E-state index in [2.05, 4.69) is 10.3 Å². The third-order valence-corrected chi connectivity index (χ3v) is 7.14. The number of aromatic nitrogens is 2. The molecule has 2 unspecified atom stereocenters. The molecular weight excluding hydrogens is 294 g/mol. The van der Waals surface area contributed by atoms with E-state index in [4.69, 9.17) is 0 Å². The molecule has 0 saturated carbocycles. The molecule has 2 aromatic rings. The molecule has 5 nitrogen and oxygen atoms in total. The van der Waals surface area contributed by atoms with Crippen molar-refractivity contribution in [3.8, 4) is 0 Å². The van der Waals surface area contributed by atoms with Crippen LogP contribution in [0.1, 0.15) is 25.0 Å². The third-order valence-electron chi connectivity index (χ3n) is 4.02. The fraction of sp³-hybridized carbons (Fsp3) is 0.615. The molecule has 1 N–H and O–H groups in total. The first-order valence-electron chi connectivity index (χ1n) is 6.90. The molecule has 0 bridgehead atoms. The van der Waals surface area contributed by atoms with Gasteiger partial charge in [0, 0.05) is 30.2 Å². The number of imidazole rings is 1. The lowest BCUT2D eigenvalue weighted by Gasteiger charge is -2.29. The highest BCUT2D eigenvalue weighted by Crippen LogP contribution is 2.24. The first-order chi connectivity index (χ1) is 9.60. The van der Waals surface area contributed by atoms with Crippen LogP contribution in [0, 0.1) is 0 Å². The van der Waals surface area contributed by atoms with Gasteiger partial charge in [-0.25, -0.2) is 13.4 Å². The SMILES string of the molecule is CNC(Cc1cn2ccsc2n1)C1CCCCS1(=O)=O. The van der Waals surface area contributed by atoms with Crippen molar-refractivity contribution in [2.24, 2.45) is 0 Å². The number of fused-ring (bicyclic) bond motifs is 1. The van der Waals surface area contributed by atoms with Gasteiger partial charge in [-0.1, -0.05) is 6.42 Å². The molecular formula is C13H19N3O2S2. The van der Waals surface area contributed by atoms with Crippen LogP contribution in [0.15, 0.2) is 17.8 Å². The van der Waals surface area contributed by atoms with E-state index in [-0.39, 0.29) is 11.3 Å². The monoisotopic (exact) mass is 313 g/mol. The smallest absolute Gasteiger partial charge is 0.193 e. The van der Waals surface area contributed by atoms with Gasteiger partial charge in [0.2, 0.25) is 0 Å². The molecule has 0 aliphatic carbocycles. The number of nitrogens with zero attached hydrogens (tertiary/aromatic N) is 2. The summed E-state index contributed by atoms with van der Waals surface area (Å²) >= 11 is 1.59. The predicted octanol–water partition coefficient (Wildman–Crippen LogP) is 1.49. The van der Waals surface area contributed by atoms with Crippen molar-refractivity contribution in [2.75, 3.05) is 12.8 Å². The number of likely N-dealkylation sites (N-methyl/N-ethyl adjacent to an activating group) is 1. The second kappa shape index (κ2) is 5.46. The van der Waals surface area contributed by atoms with Crippen molar-refractivity contribution in [1.82, 2.24) is 14.7 Å². The zero-order valence-corrected chi connectivity index (χ0v) is 13.1.